The molecule has 0 unspecified atom stereocenters. The number of aliphatic carboxylic acids is 1. The van der Waals surface area contributed by atoms with E-state index in [4.69, 9.17) is 23.2 Å². The Morgan fingerprint density at radius 2 is 1.83 bits per heavy atom. The van der Waals surface area contributed by atoms with Crippen LogP contribution in [0.2, 0.25) is 10.0 Å². The number of carboxylic acids is 1. The van der Waals surface area contributed by atoms with Gasteiger partial charge < -0.3 is 10.4 Å². The number of nitrogens with one attached hydrogen (secondary N) is 1. The van der Waals surface area contributed by atoms with Crippen LogP contribution in [-0.4, -0.2) is 56.5 Å². The zero-order valence-electron chi connectivity index (χ0n) is 21.7. The van der Waals surface area contributed by atoms with Gasteiger partial charge in [0.05, 0.1) is 10.8 Å². The summed E-state index contributed by atoms with van der Waals surface area (Å²) in [5, 5.41) is 13.3. The molecule has 2 aromatic carbocycles. The number of hydrogen-bond acceptors (Lipinski definition) is 6. The summed E-state index contributed by atoms with van der Waals surface area (Å²) in [5.74, 6) is -0.924. The smallest absolute Gasteiger partial charge is 0.352 e. The number of carbonyl (C=O) groups is 3. The Labute approximate surface area is 260 Å². The molecule has 0 radical (unpaired) electrons. The molecular weight excluding hydrogens is 621 g/mol. The van der Waals surface area contributed by atoms with Crippen molar-refractivity contribution in [2.24, 2.45) is 0 Å². The van der Waals surface area contributed by atoms with E-state index in [1.165, 1.54) is 45.7 Å². The van der Waals surface area contributed by atoms with E-state index >= 15 is 0 Å². The SMILES string of the molecule is O=C(CSc1cc(Cl)ccc1Cl)N[C@H]1C(=O)N2C(C(=O)O)=C(CSc3cc[n+](CCc4ccccc4)cc3)CS[C@H]12. The highest BCUT2D eigenvalue weighted by molar-refractivity contribution is 8.01. The van der Waals surface area contributed by atoms with Crippen molar-refractivity contribution in [2.75, 3.05) is 17.3 Å². The molecule has 5 rings (SSSR count). The number of pyridine rings is 1. The predicted molar refractivity (Wildman–Crippen MR) is 164 cm³/mol. The fourth-order valence-electron chi connectivity index (χ4n) is 4.50. The zero-order valence-corrected chi connectivity index (χ0v) is 25.6. The van der Waals surface area contributed by atoms with Gasteiger partial charge in [-0.15, -0.1) is 35.3 Å². The Morgan fingerprint density at radius 1 is 1.07 bits per heavy atom. The number of amides is 2. The second kappa shape index (κ2) is 13.6. The van der Waals surface area contributed by atoms with Crippen molar-refractivity contribution in [3.63, 3.8) is 0 Å². The minimum atomic E-state index is -1.14. The summed E-state index contributed by atoms with van der Waals surface area (Å²) < 4.78 is 2.12. The van der Waals surface area contributed by atoms with E-state index in [0.29, 0.717) is 32.0 Å². The summed E-state index contributed by atoms with van der Waals surface area (Å²) in [6, 6.07) is 18.6. The number of hydrogen-bond donors (Lipinski definition) is 2. The number of rotatable bonds is 11. The summed E-state index contributed by atoms with van der Waals surface area (Å²) in [5.41, 5.74) is 1.99. The Balaban J connectivity index is 1.16. The van der Waals surface area contributed by atoms with E-state index in [0.717, 1.165) is 17.9 Å². The molecule has 1 saturated heterocycles. The minimum Gasteiger partial charge on any atom is -0.477 e. The van der Waals surface area contributed by atoms with Crippen molar-refractivity contribution in [3.8, 4) is 0 Å². The number of β-lactam (4-membered cyclic amide) rings is 1. The Morgan fingerprint density at radius 3 is 2.56 bits per heavy atom. The topological polar surface area (TPSA) is 90.6 Å². The first-order valence-corrected chi connectivity index (χ1v) is 16.5. The second-order valence-corrected chi connectivity index (χ2v) is 13.4. The largest absolute Gasteiger partial charge is 0.477 e. The predicted octanol–water partition coefficient (Wildman–Crippen LogP) is 5.15. The second-order valence-electron chi connectivity index (χ2n) is 9.37. The molecule has 2 amide bonds. The molecule has 7 nitrogen and oxygen atoms in total. The molecule has 0 spiro atoms. The number of carbonyl (C=O) groups excluding carboxylic acids is 2. The van der Waals surface area contributed by atoms with Gasteiger partial charge in [0.15, 0.2) is 18.9 Å². The van der Waals surface area contributed by atoms with E-state index in [1.807, 2.05) is 42.7 Å². The van der Waals surface area contributed by atoms with Gasteiger partial charge in [0.2, 0.25) is 5.91 Å². The highest BCUT2D eigenvalue weighted by Gasteiger charge is 2.54. The van der Waals surface area contributed by atoms with Crippen LogP contribution >= 0.6 is 58.5 Å². The minimum absolute atomic E-state index is 0.0192. The van der Waals surface area contributed by atoms with Crippen molar-refractivity contribution in [2.45, 2.75) is 34.2 Å². The highest BCUT2D eigenvalue weighted by Crippen LogP contribution is 2.41. The van der Waals surface area contributed by atoms with E-state index in [2.05, 4.69) is 22.0 Å². The van der Waals surface area contributed by atoms with Crippen LogP contribution in [0.4, 0.5) is 0 Å². The maximum absolute atomic E-state index is 13.0. The van der Waals surface area contributed by atoms with Gasteiger partial charge in [0.1, 0.15) is 17.1 Å². The van der Waals surface area contributed by atoms with Gasteiger partial charge in [-0.1, -0.05) is 53.5 Å². The standard InChI is InChI=1S/C29H25Cl2N3O4S3/c30-20-6-7-22(31)23(14-20)40-17-24(35)32-25-27(36)34-26(29(37)38)19(16-41-28(25)34)15-39-21-9-12-33(13-10-21)11-8-18-4-2-1-3-5-18/h1-7,9-10,12-14,25,28H,8,11,15-17H2,(H-,32,35,37,38)/p+1/t25-,28+/m0/s1. The third kappa shape index (κ3) is 7.24. The van der Waals surface area contributed by atoms with Gasteiger partial charge in [-0.05, 0) is 29.3 Å². The molecular formula is C29H26Cl2N3O4S3+. The molecule has 0 aliphatic carbocycles. The average molecular weight is 648 g/mol. The lowest BCUT2D eigenvalue weighted by Gasteiger charge is -2.49. The third-order valence-corrected chi connectivity index (χ3v) is 10.8. The van der Waals surface area contributed by atoms with E-state index in [-0.39, 0.29) is 17.4 Å². The van der Waals surface area contributed by atoms with Crippen LogP contribution in [0.1, 0.15) is 5.56 Å². The van der Waals surface area contributed by atoms with Gasteiger partial charge in [0, 0.05) is 44.9 Å². The van der Waals surface area contributed by atoms with Crippen molar-refractivity contribution in [1.82, 2.24) is 10.2 Å². The van der Waals surface area contributed by atoms with Crippen molar-refractivity contribution >= 4 is 76.3 Å². The average Bonchev–Trinajstić information content (AvgIpc) is 2.98. The van der Waals surface area contributed by atoms with Crippen LogP contribution in [0, 0.1) is 0 Å². The van der Waals surface area contributed by atoms with Gasteiger partial charge in [-0.2, -0.15) is 0 Å². The summed E-state index contributed by atoms with van der Waals surface area (Å²) in [6.07, 6.45) is 4.98. The Bertz CT molecular complexity index is 1490. The lowest BCUT2D eigenvalue weighted by molar-refractivity contribution is -0.696. The van der Waals surface area contributed by atoms with E-state index in [9.17, 15) is 19.5 Å². The molecule has 0 bridgehead atoms. The van der Waals surface area contributed by atoms with Crippen LogP contribution in [0.5, 0.6) is 0 Å². The molecule has 3 heterocycles. The first kappa shape index (κ1) is 29.8. The summed E-state index contributed by atoms with van der Waals surface area (Å²) in [6.45, 7) is 0.864. The number of halogens is 2. The van der Waals surface area contributed by atoms with Crippen LogP contribution in [0.25, 0.3) is 0 Å². The molecule has 12 heteroatoms. The molecule has 212 valence electrons. The molecule has 2 aliphatic heterocycles. The number of thioether (sulfide) groups is 3. The number of nitrogens with zero attached hydrogens (tertiary/aromatic N) is 2. The molecule has 2 atom stereocenters. The van der Waals surface area contributed by atoms with Crippen molar-refractivity contribution in [3.05, 3.63) is 99.9 Å². The molecule has 1 aromatic heterocycles. The molecule has 2 aliphatic rings. The first-order chi connectivity index (χ1) is 19.8. The Kier molecular flexibility index (Phi) is 9.87. The lowest BCUT2D eigenvalue weighted by atomic mass is 10.0. The van der Waals surface area contributed by atoms with E-state index < -0.39 is 23.3 Å². The normalized spacial score (nSPS) is 18.1. The van der Waals surface area contributed by atoms with Crippen LogP contribution in [0.3, 0.4) is 0 Å². The lowest BCUT2D eigenvalue weighted by Crippen LogP contribution is -2.70. The van der Waals surface area contributed by atoms with Crippen LogP contribution < -0.4 is 9.88 Å². The van der Waals surface area contributed by atoms with Gasteiger partial charge >= 0.3 is 5.97 Å². The quantitative estimate of drug-likeness (QED) is 0.169. The monoisotopic (exact) mass is 646 g/mol. The van der Waals surface area contributed by atoms with Crippen LogP contribution in [-0.2, 0) is 27.3 Å². The molecule has 1 fully saturated rings. The van der Waals surface area contributed by atoms with E-state index in [1.54, 1.807) is 18.2 Å². The number of carboxylic acid groups (broad SMARTS) is 1. The van der Waals surface area contributed by atoms with Crippen molar-refractivity contribution < 1.29 is 24.1 Å². The van der Waals surface area contributed by atoms with Gasteiger partial charge in [0.25, 0.3) is 5.91 Å². The number of aromatic nitrogens is 1. The first-order valence-electron chi connectivity index (χ1n) is 12.7. The van der Waals surface area contributed by atoms with Gasteiger partial charge in [-0.3, -0.25) is 14.5 Å². The van der Waals surface area contributed by atoms with Gasteiger partial charge in [-0.25, -0.2) is 9.36 Å². The summed E-state index contributed by atoms with van der Waals surface area (Å²) >= 11 is 16.4. The molecule has 0 saturated carbocycles. The molecule has 2 N–H and O–H groups in total. The number of fused-ring (bicyclic) bond motifs is 1. The third-order valence-electron chi connectivity index (χ3n) is 6.59. The summed E-state index contributed by atoms with van der Waals surface area (Å²) in [4.78, 5) is 40.8. The highest BCUT2D eigenvalue weighted by atomic mass is 35.5. The molecule has 3 aromatic rings. The Hall–Kier alpha value is -2.63. The zero-order chi connectivity index (χ0) is 28.9. The summed E-state index contributed by atoms with van der Waals surface area (Å²) in [7, 11) is 0. The molecule has 41 heavy (non-hydrogen) atoms. The fraction of sp³-hybridized carbons (Fsp3) is 0.241. The maximum atomic E-state index is 13.0. The maximum Gasteiger partial charge on any atom is 0.352 e. The fourth-order valence-corrected chi connectivity index (χ4v) is 8.18. The van der Waals surface area contributed by atoms with Crippen LogP contribution in [0.15, 0.2) is 94.1 Å². The number of benzene rings is 2. The van der Waals surface area contributed by atoms with Crippen molar-refractivity contribution in [1.29, 1.82) is 0 Å². The number of aryl methyl sites for hydroxylation is 2.